The summed E-state index contributed by atoms with van der Waals surface area (Å²) in [5, 5.41) is 0. The molecule has 0 bridgehead atoms. The number of esters is 2. The van der Waals surface area contributed by atoms with Crippen molar-refractivity contribution in [1.29, 1.82) is 0 Å². The number of likely N-dealkylation sites (tertiary alicyclic amines) is 1. The summed E-state index contributed by atoms with van der Waals surface area (Å²) in [5.74, 6) is -0.234. The third-order valence-corrected chi connectivity index (χ3v) is 8.51. The molecular formula is C34H65NO4. The van der Waals surface area contributed by atoms with Gasteiger partial charge in [-0.05, 0) is 52.1 Å². The molecular weight excluding hydrogens is 486 g/mol. The number of rotatable bonds is 26. The third-order valence-electron chi connectivity index (χ3n) is 8.51. The normalized spacial score (nSPS) is 17.3. The van der Waals surface area contributed by atoms with Crippen LogP contribution in [0.3, 0.4) is 0 Å². The van der Waals surface area contributed by atoms with Crippen LogP contribution in [0.5, 0.6) is 0 Å². The third kappa shape index (κ3) is 18.0. The summed E-state index contributed by atoms with van der Waals surface area (Å²) >= 11 is 0. The number of carbonyl (C=O) groups excluding carboxylic acids is 2. The zero-order chi connectivity index (χ0) is 28.6. The molecule has 0 saturated carbocycles. The second-order valence-corrected chi connectivity index (χ2v) is 12.2. The van der Waals surface area contributed by atoms with Gasteiger partial charge in [0.1, 0.15) is 18.8 Å². The number of carbonyl (C=O) groups is 2. The van der Waals surface area contributed by atoms with Gasteiger partial charge in [0.2, 0.25) is 0 Å². The molecule has 3 unspecified atom stereocenters. The lowest BCUT2D eigenvalue weighted by Crippen LogP contribution is -2.38. The van der Waals surface area contributed by atoms with Gasteiger partial charge in [-0.1, -0.05) is 130 Å². The van der Waals surface area contributed by atoms with E-state index in [1.165, 1.54) is 89.9 Å². The van der Waals surface area contributed by atoms with Crippen molar-refractivity contribution in [2.75, 3.05) is 20.2 Å². The highest BCUT2D eigenvalue weighted by atomic mass is 16.6. The first kappa shape index (κ1) is 35.9. The van der Waals surface area contributed by atoms with E-state index in [0.717, 1.165) is 64.3 Å². The molecule has 0 aromatic heterocycles. The van der Waals surface area contributed by atoms with Crippen LogP contribution < -0.4 is 0 Å². The van der Waals surface area contributed by atoms with E-state index in [0.29, 0.717) is 0 Å². The lowest BCUT2D eigenvalue weighted by molar-refractivity contribution is -0.165. The van der Waals surface area contributed by atoms with Crippen LogP contribution in [0.25, 0.3) is 0 Å². The van der Waals surface area contributed by atoms with Crippen molar-refractivity contribution in [2.24, 2.45) is 5.92 Å². The van der Waals surface area contributed by atoms with Crippen LogP contribution in [0.1, 0.15) is 168 Å². The van der Waals surface area contributed by atoms with Gasteiger partial charge in [0.25, 0.3) is 0 Å². The molecule has 5 heteroatoms. The Balaban J connectivity index is 2.58. The van der Waals surface area contributed by atoms with Gasteiger partial charge in [-0.3, -0.25) is 14.5 Å². The van der Waals surface area contributed by atoms with Gasteiger partial charge in [-0.25, -0.2) is 0 Å². The monoisotopic (exact) mass is 551 g/mol. The Bertz CT molecular complexity index is 596. The Morgan fingerprint density at radius 1 is 0.692 bits per heavy atom. The predicted octanol–water partition coefficient (Wildman–Crippen LogP) is 9.40. The molecule has 1 rings (SSSR count). The van der Waals surface area contributed by atoms with E-state index >= 15 is 0 Å². The summed E-state index contributed by atoms with van der Waals surface area (Å²) in [6.45, 7) is 7.86. The molecule has 5 nitrogen and oxygen atoms in total. The summed E-state index contributed by atoms with van der Waals surface area (Å²) < 4.78 is 11.9. The number of hydrogen-bond acceptors (Lipinski definition) is 5. The van der Waals surface area contributed by atoms with Gasteiger partial charge >= 0.3 is 11.9 Å². The van der Waals surface area contributed by atoms with E-state index in [4.69, 9.17) is 9.47 Å². The van der Waals surface area contributed by atoms with Crippen molar-refractivity contribution in [3.8, 4) is 0 Å². The maximum absolute atomic E-state index is 13.2. The molecule has 0 amide bonds. The number of hydrogen-bond donors (Lipinski definition) is 0. The topological polar surface area (TPSA) is 55.8 Å². The second kappa shape index (κ2) is 24.7. The zero-order valence-corrected chi connectivity index (χ0v) is 26.5. The number of unbranched alkanes of at least 4 members (excludes halogenated alkanes) is 15. The Hall–Kier alpha value is -1.10. The quantitative estimate of drug-likeness (QED) is 0.0791. The minimum Gasteiger partial charge on any atom is -0.462 e. The van der Waals surface area contributed by atoms with E-state index in [9.17, 15) is 9.59 Å². The largest absolute Gasteiger partial charge is 0.462 e. The molecule has 0 aromatic carbocycles. The van der Waals surface area contributed by atoms with Gasteiger partial charge in [0.15, 0.2) is 0 Å². The maximum Gasteiger partial charge on any atom is 0.323 e. The van der Waals surface area contributed by atoms with Crippen LogP contribution in [-0.2, 0) is 19.1 Å². The van der Waals surface area contributed by atoms with E-state index in [2.05, 4.69) is 25.7 Å². The lowest BCUT2D eigenvalue weighted by atomic mass is 9.94. The fourth-order valence-electron chi connectivity index (χ4n) is 5.79. The molecule has 1 fully saturated rings. The highest BCUT2D eigenvalue weighted by molar-refractivity contribution is 5.76. The van der Waals surface area contributed by atoms with Gasteiger partial charge in [-0.2, -0.15) is 0 Å². The molecule has 0 aromatic rings. The van der Waals surface area contributed by atoms with Crippen LogP contribution in [0.2, 0.25) is 0 Å². The van der Waals surface area contributed by atoms with E-state index < -0.39 is 0 Å². The average molecular weight is 552 g/mol. The van der Waals surface area contributed by atoms with Crippen molar-refractivity contribution in [2.45, 2.75) is 181 Å². The van der Waals surface area contributed by atoms with Gasteiger partial charge in [0, 0.05) is 0 Å². The summed E-state index contributed by atoms with van der Waals surface area (Å²) in [7, 11) is 2.00. The standard InChI is InChI=1S/C34H65NO4/c1-5-8-11-14-16-17-19-22-26-31(39-34(37)32-27-23-28-35(32)4)29-38-33(36)30(24-20-13-10-7-3)25-21-18-15-12-9-6-2/h30-32H,5-29H2,1-4H3. The molecule has 0 aliphatic carbocycles. The van der Waals surface area contributed by atoms with Crippen molar-refractivity contribution >= 4 is 11.9 Å². The zero-order valence-electron chi connectivity index (χ0n) is 26.5. The molecule has 39 heavy (non-hydrogen) atoms. The highest BCUT2D eigenvalue weighted by Crippen LogP contribution is 2.22. The lowest BCUT2D eigenvalue weighted by Gasteiger charge is -2.24. The molecule has 0 spiro atoms. The smallest absolute Gasteiger partial charge is 0.323 e. The SMILES string of the molecule is CCCCCCCCCCC(COC(=O)C(CCCCCC)CCCCCCCC)OC(=O)C1CCCN1C. The average Bonchev–Trinajstić information content (AvgIpc) is 3.37. The molecule has 0 N–H and O–H groups in total. The minimum atomic E-state index is -0.328. The predicted molar refractivity (Wildman–Crippen MR) is 164 cm³/mol. The summed E-state index contributed by atoms with van der Waals surface area (Å²) in [4.78, 5) is 28.2. The van der Waals surface area contributed by atoms with Gasteiger partial charge in [0.05, 0.1) is 5.92 Å². The van der Waals surface area contributed by atoms with Crippen molar-refractivity contribution in [3.63, 3.8) is 0 Å². The van der Waals surface area contributed by atoms with Crippen molar-refractivity contribution in [1.82, 2.24) is 4.90 Å². The van der Waals surface area contributed by atoms with Crippen molar-refractivity contribution in [3.05, 3.63) is 0 Å². The molecule has 1 heterocycles. The Kier molecular flexibility index (Phi) is 22.7. The maximum atomic E-state index is 13.2. The van der Waals surface area contributed by atoms with Crippen LogP contribution >= 0.6 is 0 Å². The summed E-state index contributed by atoms with van der Waals surface area (Å²) in [6.07, 6.45) is 26.2. The first-order chi connectivity index (χ1) is 19.0. The van der Waals surface area contributed by atoms with Gasteiger partial charge in [-0.15, -0.1) is 0 Å². The summed E-state index contributed by atoms with van der Waals surface area (Å²) in [5.41, 5.74) is 0. The molecule has 1 saturated heterocycles. The van der Waals surface area contributed by atoms with Crippen LogP contribution in [0, 0.1) is 5.92 Å². The Morgan fingerprint density at radius 3 is 1.64 bits per heavy atom. The van der Waals surface area contributed by atoms with Crippen molar-refractivity contribution < 1.29 is 19.1 Å². The van der Waals surface area contributed by atoms with E-state index in [-0.39, 0.29) is 36.6 Å². The molecule has 1 aliphatic rings. The first-order valence-electron chi connectivity index (χ1n) is 17.1. The fraction of sp³-hybridized carbons (Fsp3) is 0.941. The first-order valence-corrected chi connectivity index (χ1v) is 17.1. The van der Waals surface area contributed by atoms with E-state index in [1.807, 2.05) is 7.05 Å². The molecule has 3 atom stereocenters. The van der Waals surface area contributed by atoms with Crippen LogP contribution in [-0.4, -0.2) is 49.2 Å². The number of ether oxygens (including phenoxy) is 2. The highest BCUT2D eigenvalue weighted by Gasteiger charge is 2.31. The van der Waals surface area contributed by atoms with Crippen LogP contribution in [0.4, 0.5) is 0 Å². The molecule has 230 valence electrons. The Morgan fingerprint density at radius 2 is 1.15 bits per heavy atom. The second-order valence-electron chi connectivity index (χ2n) is 12.2. The summed E-state index contributed by atoms with van der Waals surface area (Å²) in [6, 6.07) is -0.152. The Labute approximate surface area is 242 Å². The van der Waals surface area contributed by atoms with Gasteiger partial charge < -0.3 is 9.47 Å². The fourth-order valence-corrected chi connectivity index (χ4v) is 5.79. The number of likely N-dealkylation sites (N-methyl/N-ethyl adjacent to an activating group) is 1. The minimum absolute atomic E-state index is 0.0199. The van der Waals surface area contributed by atoms with E-state index in [1.54, 1.807) is 0 Å². The molecule has 1 aliphatic heterocycles. The molecule has 0 radical (unpaired) electrons. The van der Waals surface area contributed by atoms with Crippen LogP contribution in [0.15, 0.2) is 0 Å². The number of nitrogens with zero attached hydrogens (tertiary/aromatic N) is 1.